The van der Waals surface area contributed by atoms with Crippen LogP contribution in [0.4, 0.5) is 0 Å². The summed E-state index contributed by atoms with van der Waals surface area (Å²) < 4.78 is 4.67. The molecule has 0 radical (unpaired) electrons. The molecule has 23 heavy (non-hydrogen) atoms. The molecule has 0 fully saturated rings. The first-order valence-electron chi connectivity index (χ1n) is 7.43. The van der Waals surface area contributed by atoms with Crippen LogP contribution >= 0.6 is 0 Å². The predicted octanol–water partition coefficient (Wildman–Crippen LogP) is 4.25. The van der Waals surface area contributed by atoms with Crippen molar-refractivity contribution in [3.8, 4) is 0 Å². The van der Waals surface area contributed by atoms with Crippen molar-refractivity contribution in [3.05, 3.63) is 66.3 Å². The summed E-state index contributed by atoms with van der Waals surface area (Å²) in [5, 5.41) is 8.58. The molecular formula is C19H24O4. The molecule has 0 saturated heterocycles. The summed E-state index contributed by atoms with van der Waals surface area (Å²) in [6, 6.07) is 9.73. The molecule has 0 amide bonds. The van der Waals surface area contributed by atoms with Gasteiger partial charge in [0.1, 0.15) is 0 Å². The summed E-state index contributed by atoms with van der Waals surface area (Å²) in [5.41, 5.74) is 1.39. The smallest absolute Gasteiger partial charge is 0.331 e. The molecule has 0 aromatic heterocycles. The van der Waals surface area contributed by atoms with Crippen LogP contribution in [0.15, 0.2) is 60.7 Å². The Bertz CT molecular complexity index is 542. The number of carboxylic acid groups (broad SMARTS) is 1. The second-order valence-electron chi connectivity index (χ2n) is 4.65. The number of ether oxygens (including phenoxy) is 1. The normalized spacial score (nSPS) is 10.6. The zero-order valence-electron chi connectivity index (χ0n) is 13.7. The number of aliphatic carboxylic acids is 1. The van der Waals surface area contributed by atoms with Gasteiger partial charge in [0.25, 0.3) is 0 Å². The SMILES string of the molecule is C=CC(=O)OCCCC.CC(=CC=Cc1ccccc1)C(=O)O. The largest absolute Gasteiger partial charge is 0.478 e. The van der Waals surface area contributed by atoms with E-state index in [4.69, 9.17) is 5.11 Å². The van der Waals surface area contributed by atoms with Crippen LogP contribution in [0.2, 0.25) is 0 Å². The minimum atomic E-state index is -0.886. The number of esters is 1. The van der Waals surface area contributed by atoms with Gasteiger partial charge < -0.3 is 9.84 Å². The second kappa shape index (κ2) is 13.1. The molecule has 0 spiro atoms. The van der Waals surface area contributed by atoms with Crippen molar-refractivity contribution in [2.75, 3.05) is 6.61 Å². The Kier molecular flexibility index (Phi) is 11.6. The molecule has 1 rings (SSSR count). The number of hydrogen-bond acceptors (Lipinski definition) is 3. The minimum Gasteiger partial charge on any atom is -0.478 e. The van der Waals surface area contributed by atoms with Gasteiger partial charge in [-0.05, 0) is 18.9 Å². The van der Waals surface area contributed by atoms with Crippen molar-refractivity contribution in [3.63, 3.8) is 0 Å². The van der Waals surface area contributed by atoms with E-state index < -0.39 is 5.97 Å². The third-order valence-corrected chi connectivity index (χ3v) is 2.68. The van der Waals surface area contributed by atoms with Gasteiger partial charge in [0, 0.05) is 11.6 Å². The number of carbonyl (C=O) groups excluding carboxylic acids is 1. The Morgan fingerprint density at radius 2 is 1.91 bits per heavy atom. The number of carbonyl (C=O) groups is 2. The number of rotatable bonds is 7. The van der Waals surface area contributed by atoms with E-state index in [-0.39, 0.29) is 5.97 Å². The zero-order chi connectivity index (χ0) is 17.5. The van der Waals surface area contributed by atoms with Crippen molar-refractivity contribution < 1.29 is 19.4 Å². The van der Waals surface area contributed by atoms with Crippen LogP contribution in [0.5, 0.6) is 0 Å². The maximum atomic E-state index is 10.4. The van der Waals surface area contributed by atoms with Crippen molar-refractivity contribution >= 4 is 18.0 Å². The summed E-state index contributed by atoms with van der Waals surface area (Å²) in [6.45, 7) is 7.39. The van der Waals surface area contributed by atoms with Gasteiger partial charge >= 0.3 is 11.9 Å². The van der Waals surface area contributed by atoms with Crippen LogP contribution in [0.25, 0.3) is 6.08 Å². The number of carboxylic acids is 1. The zero-order valence-corrected chi connectivity index (χ0v) is 13.7. The minimum absolute atomic E-state index is 0.330. The van der Waals surface area contributed by atoms with Gasteiger partial charge in [0.15, 0.2) is 0 Å². The maximum Gasteiger partial charge on any atom is 0.331 e. The molecule has 0 unspecified atom stereocenters. The number of hydrogen-bond donors (Lipinski definition) is 1. The molecule has 0 bridgehead atoms. The molecule has 0 atom stereocenters. The van der Waals surface area contributed by atoms with Gasteiger partial charge in [-0.15, -0.1) is 0 Å². The molecule has 0 aliphatic heterocycles. The number of allylic oxidation sites excluding steroid dienone is 2. The van der Waals surface area contributed by atoms with Gasteiger partial charge in [-0.25, -0.2) is 9.59 Å². The lowest BCUT2D eigenvalue weighted by molar-refractivity contribution is -0.138. The van der Waals surface area contributed by atoms with E-state index >= 15 is 0 Å². The molecule has 0 saturated carbocycles. The maximum absolute atomic E-state index is 10.4. The van der Waals surface area contributed by atoms with Crippen molar-refractivity contribution in [2.45, 2.75) is 26.7 Å². The summed E-state index contributed by atoms with van der Waals surface area (Å²) in [6.07, 6.45) is 8.33. The Balaban J connectivity index is 0.000000468. The van der Waals surface area contributed by atoms with Gasteiger partial charge in [0.2, 0.25) is 0 Å². The molecule has 0 heterocycles. The van der Waals surface area contributed by atoms with Crippen molar-refractivity contribution in [1.29, 1.82) is 0 Å². The standard InChI is InChI=1S/C12H12O2.C7H12O2/c1-10(12(13)14)6-5-9-11-7-3-2-4-8-11;1-3-5-6-9-7(8)4-2/h2-9H,1H3,(H,13,14);4H,2-3,5-6H2,1H3. The fourth-order valence-corrected chi connectivity index (χ4v) is 1.32. The highest BCUT2D eigenvalue weighted by Gasteiger charge is 1.95. The Morgan fingerprint density at radius 3 is 2.43 bits per heavy atom. The van der Waals surface area contributed by atoms with Crippen molar-refractivity contribution in [1.82, 2.24) is 0 Å². The molecule has 0 aliphatic rings. The highest BCUT2D eigenvalue weighted by atomic mass is 16.5. The third kappa shape index (κ3) is 11.7. The number of benzene rings is 1. The summed E-state index contributed by atoms with van der Waals surface area (Å²) in [7, 11) is 0. The van der Waals surface area contributed by atoms with Gasteiger partial charge in [-0.2, -0.15) is 0 Å². The van der Waals surface area contributed by atoms with E-state index in [9.17, 15) is 9.59 Å². The lowest BCUT2D eigenvalue weighted by Crippen LogP contribution is -2.00. The fourth-order valence-electron chi connectivity index (χ4n) is 1.32. The molecule has 4 nitrogen and oxygen atoms in total. The van der Waals surface area contributed by atoms with E-state index in [0.717, 1.165) is 18.4 Å². The van der Waals surface area contributed by atoms with Crippen LogP contribution in [0.3, 0.4) is 0 Å². The average Bonchev–Trinajstić information content (AvgIpc) is 2.56. The topological polar surface area (TPSA) is 63.6 Å². The van der Waals surface area contributed by atoms with Crippen LogP contribution in [-0.2, 0) is 14.3 Å². The van der Waals surface area contributed by atoms with Gasteiger partial charge in [0.05, 0.1) is 6.61 Å². The quantitative estimate of drug-likeness (QED) is 0.353. The molecule has 1 aromatic rings. The second-order valence-corrected chi connectivity index (χ2v) is 4.65. The highest BCUT2D eigenvalue weighted by Crippen LogP contribution is 2.02. The van der Waals surface area contributed by atoms with Crippen LogP contribution in [0, 0.1) is 0 Å². The molecule has 0 aliphatic carbocycles. The molecule has 1 N–H and O–H groups in total. The van der Waals surface area contributed by atoms with Crippen LogP contribution in [0.1, 0.15) is 32.3 Å². The fraction of sp³-hybridized carbons (Fsp3) is 0.263. The molecule has 124 valence electrons. The summed E-state index contributed by atoms with van der Waals surface area (Å²) >= 11 is 0. The Hall–Kier alpha value is -2.62. The molecular weight excluding hydrogens is 292 g/mol. The summed E-state index contributed by atoms with van der Waals surface area (Å²) in [4.78, 5) is 20.8. The van der Waals surface area contributed by atoms with Crippen LogP contribution < -0.4 is 0 Å². The first-order chi connectivity index (χ1) is 11.0. The highest BCUT2D eigenvalue weighted by molar-refractivity contribution is 5.86. The third-order valence-electron chi connectivity index (χ3n) is 2.68. The lowest BCUT2D eigenvalue weighted by Gasteiger charge is -1.97. The van der Waals surface area contributed by atoms with E-state index in [1.54, 1.807) is 19.1 Å². The lowest BCUT2D eigenvalue weighted by atomic mass is 10.2. The molecule has 4 heteroatoms. The van der Waals surface area contributed by atoms with E-state index in [1.165, 1.54) is 6.08 Å². The monoisotopic (exact) mass is 316 g/mol. The summed E-state index contributed by atoms with van der Waals surface area (Å²) in [5.74, 6) is -1.22. The number of unbranched alkanes of at least 4 members (excludes halogenated alkanes) is 1. The average molecular weight is 316 g/mol. The first-order valence-corrected chi connectivity index (χ1v) is 7.43. The molecule has 1 aromatic carbocycles. The van der Waals surface area contributed by atoms with Crippen molar-refractivity contribution in [2.24, 2.45) is 0 Å². The van der Waals surface area contributed by atoms with Crippen LogP contribution in [-0.4, -0.2) is 23.7 Å². The predicted molar refractivity (Wildman–Crippen MR) is 92.9 cm³/mol. The Morgan fingerprint density at radius 1 is 1.26 bits per heavy atom. The van der Waals surface area contributed by atoms with E-state index in [0.29, 0.717) is 12.2 Å². The van der Waals surface area contributed by atoms with E-state index in [2.05, 4.69) is 11.3 Å². The van der Waals surface area contributed by atoms with E-state index in [1.807, 2.05) is 43.3 Å². The Labute approximate surface area is 137 Å². The van der Waals surface area contributed by atoms with Gasteiger partial charge in [-0.1, -0.05) is 68.5 Å². The first kappa shape index (κ1) is 20.4. The van der Waals surface area contributed by atoms with Gasteiger partial charge in [-0.3, -0.25) is 0 Å².